The lowest BCUT2D eigenvalue weighted by atomic mass is 9.95. The molecule has 0 saturated heterocycles. The third-order valence-electron chi connectivity index (χ3n) is 3.10. The molecule has 4 nitrogen and oxygen atoms in total. The van der Waals surface area contributed by atoms with Gasteiger partial charge in [0.15, 0.2) is 0 Å². The number of carbonyl (C=O) groups excluding carboxylic acids is 1. The molecule has 0 bridgehead atoms. The summed E-state index contributed by atoms with van der Waals surface area (Å²) in [5, 5.41) is 3.25. The highest BCUT2D eigenvalue weighted by Crippen LogP contribution is 2.18. The molecule has 1 unspecified atom stereocenters. The second kappa shape index (κ2) is 8.27. The van der Waals surface area contributed by atoms with E-state index in [0.29, 0.717) is 0 Å². The van der Waals surface area contributed by atoms with Crippen LogP contribution in [0.5, 0.6) is 0 Å². The van der Waals surface area contributed by atoms with Crippen molar-refractivity contribution in [3.63, 3.8) is 0 Å². The summed E-state index contributed by atoms with van der Waals surface area (Å²) in [4.78, 5) is 11.5. The van der Waals surface area contributed by atoms with Crippen molar-refractivity contribution < 1.29 is 9.21 Å². The zero-order valence-corrected chi connectivity index (χ0v) is 12.6. The van der Waals surface area contributed by atoms with Gasteiger partial charge in [-0.1, -0.05) is 6.92 Å². The van der Waals surface area contributed by atoms with Crippen molar-refractivity contribution in [1.29, 1.82) is 0 Å². The van der Waals surface area contributed by atoms with Gasteiger partial charge >= 0.3 is 0 Å². The number of rotatable bonds is 10. The molecule has 0 aliphatic rings. The fraction of sp³-hybridized carbons (Fsp3) is 0.643. The molecule has 0 fully saturated rings. The Morgan fingerprint density at radius 1 is 1.58 bits per heavy atom. The number of amides is 1. The highest BCUT2D eigenvalue weighted by Gasteiger charge is 2.29. The number of hydrogen-bond acceptors (Lipinski definition) is 4. The minimum absolute atomic E-state index is 0.267. The SMILES string of the molecule is CCCNC(C)(CCCSCc1ccco1)C(N)=O. The van der Waals surface area contributed by atoms with E-state index in [2.05, 4.69) is 12.2 Å². The summed E-state index contributed by atoms with van der Waals surface area (Å²) in [7, 11) is 0. The van der Waals surface area contributed by atoms with Gasteiger partial charge in [-0.25, -0.2) is 0 Å². The van der Waals surface area contributed by atoms with Crippen LogP contribution in [0.3, 0.4) is 0 Å². The minimum Gasteiger partial charge on any atom is -0.468 e. The summed E-state index contributed by atoms with van der Waals surface area (Å²) in [6.07, 6.45) is 4.42. The molecular weight excluding hydrogens is 260 g/mol. The maximum Gasteiger partial charge on any atom is 0.237 e. The van der Waals surface area contributed by atoms with E-state index in [1.807, 2.05) is 30.8 Å². The van der Waals surface area contributed by atoms with E-state index < -0.39 is 5.54 Å². The van der Waals surface area contributed by atoms with Crippen molar-refractivity contribution in [3.05, 3.63) is 24.2 Å². The van der Waals surface area contributed by atoms with Gasteiger partial charge in [0.05, 0.1) is 17.6 Å². The molecule has 3 N–H and O–H groups in total. The summed E-state index contributed by atoms with van der Waals surface area (Å²) < 4.78 is 5.27. The number of carbonyl (C=O) groups is 1. The maximum absolute atomic E-state index is 11.5. The van der Waals surface area contributed by atoms with Crippen LogP contribution >= 0.6 is 11.8 Å². The lowest BCUT2D eigenvalue weighted by molar-refractivity contribution is -0.124. The van der Waals surface area contributed by atoms with E-state index in [1.165, 1.54) is 0 Å². The monoisotopic (exact) mass is 284 g/mol. The molecule has 1 heterocycles. The van der Waals surface area contributed by atoms with Gasteiger partial charge in [0.25, 0.3) is 0 Å². The van der Waals surface area contributed by atoms with Crippen molar-refractivity contribution in [1.82, 2.24) is 5.32 Å². The van der Waals surface area contributed by atoms with Crippen LogP contribution < -0.4 is 11.1 Å². The van der Waals surface area contributed by atoms with Crippen molar-refractivity contribution in [2.75, 3.05) is 12.3 Å². The Balaban J connectivity index is 2.22. The van der Waals surface area contributed by atoms with E-state index in [9.17, 15) is 4.79 Å². The first kappa shape index (κ1) is 16.1. The predicted octanol–water partition coefficient (Wildman–Crippen LogP) is 2.54. The Morgan fingerprint density at radius 2 is 2.37 bits per heavy atom. The van der Waals surface area contributed by atoms with Gasteiger partial charge in [-0.15, -0.1) is 0 Å². The van der Waals surface area contributed by atoms with E-state index in [0.717, 1.165) is 43.1 Å². The fourth-order valence-electron chi connectivity index (χ4n) is 1.79. The lowest BCUT2D eigenvalue weighted by Gasteiger charge is -2.27. The molecule has 0 aromatic carbocycles. The molecule has 0 aliphatic heterocycles. The summed E-state index contributed by atoms with van der Waals surface area (Å²) in [6.45, 7) is 4.79. The van der Waals surface area contributed by atoms with Gasteiger partial charge in [-0.3, -0.25) is 4.79 Å². The molecule has 1 aromatic heterocycles. The molecule has 19 heavy (non-hydrogen) atoms. The Hall–Kier alpha value is -0.940. The fourth-order valence-corrected chi connectivity index (χ4v) is 2.65. The molecule has 0 spiro atoms. The van der Waals surface area contributed by atoms with Gasteiger partial charge in [-0.2, -0.15) is 11.8 Å². The number of nitrogens with one attached hydrogen (secondary N) is 1. The van der Waals surface area contributed by atoms with Gasteiger partial charge in [0, 0.05) is 0 Å². The number of hydrogen-bond donors (Lipinski definition) is 2. The molecule has 1 amide bonds. The summed E-state index contributed by atoms with van der Waals surface area (Å²) in [6, 6.07) is 3.87. The standard InChI is InChI=1S/C14H24N2O2S/c1-3-8-16-14(2,13(15)17)7-5-10-19-11-12-6-4-9-18-12/h4,6,9,16H,3,5,7-8,10-11H2,1-2H3,(H2,15,17). The first-order valence-corrected chi connectivity index (χ1v) is 7.89. The van der Waals surface area contributed by atoms with Crippen LogP contribution in [0.4, 0.5) is 0 Å². The smallest absolute Gasteiger partial charge is 0.237 e. The van der Waals surface area contributed by atoms with Crippen molar-refractivity contribution in [2.24, 2.45) is 5.73 Å². The lowest BCUT2D eigenvalue weighted by Crippen LogP contribution is -2.53. The van der Waals surface area contributed by atoms with Gasteiger partial charge in [-0.05, 0) is 50.6 Å². The van der Waals surface area contributed by atoms with Crippen LogP contribution in [0.25, 0.3) is 0 Å². The Morgan fingerprint density at radius 3 is 2.95 bits per heavy atom. The summed E-state index contributed by atoms with van der Waals surface area (Å²) in [5.74, 6) is 2.60. The summed E-state index contributed by atoms with van der Waals surface area (Å²) >= 11 is 1.81. The molecule has 1 aromatic rings. The quantitative estimate of drug-likeness (QED) is 0.648. The second-order valence-corrected chi connectivity index (χ2v) is 5.96. The number of furan rings is 1. The van der Waals surface area contributed by atoms with E-state index in [-0.39, 0.29) is 5.91 Å². The normalized spacial score (nSPS) is 14.2. The van der Waals surface area contributed by atoms with Crippen molar-refractivity contribution in [2.45, 2.75) is 44.4 Å². The molecule has 0 radical (unpaired) electrons. The van der Waals surface area contributed by atoms with Gasteiger partial charge in [0.2, 0.25) is 5.91 Å². The molecular formula is C14H24N2O2S. The van der Waals surface area contributed by atoms with E-state index in [4.69, 9.17) is 10.2 Å². The van der Waals surface area contributed by atoms with Crippen LogP contribution in [0.15, 0.2) is 22.8 Å². The summed E-state index contributed by atoms with van der Waals surface area (Å²) in [5.41, 5.74) is 4.90. The average molecular weight is 284 g/mol. The highest BCUT2D eigenvalue weighted by atomic mass is 32.2. The molecule has 5 heteroatoms. The third-order valence-corrected chi connectivity index (χ3v) is 4.16. The topological polar surface area (TPSA) is 68.3 Å². The van der Waals surface area contributed by atoms with E-state index in [1.54, 1.807) is 6.26 Å². The molecule has 108 valence electrons. The first-order valence-electron chi connectivity index (χ1n) is 6.73. The zero-order valence-electron chi connectivity index (χ0n) is 11.8. The number of primary amides is 1. The molecule has 0 aliphatic carbocycles. The van der Waals surface area contributed by atoms with Crippen LogP contribution in [0, 0.1) is 0 Å². The van der Waals surface area contributed by atoms with Crippen molar-refractivity contribution in [3.8, 4) is 0 Å². The van der Waals surface area contributed by atoms with Crippen LogP contribution in [0.1, 0.15) is 38.9 Å². The van der Waals surface area contributed by atoms with Crippen LogP contribution in [0.2, 0.25) is 0 Å². The molecule has 0 saturated carbocycles. The van der Waals surface area contributed by atoms with Crippen LogP contribution in [-0.2, 0) is 10.5 Å². The molecule has 1 atom stereocenters. The third kappa shape index (κ3) is 5.70. The second-order valence-electron chi connectivity index (χ2n) is 4.86. The Bertz CT molecular complexity index is 368. The zero-order chi connectivity index (χ0) is 14.1. The Kier molecular flexibility index (Phi) is 7.02. The van der Waals surface area contributed by atoms with Crippen LogP contribution in [-0.4, -0.2) is 23.7 Å². The number of thioether (sulfide) groups is 1. The predicted molar refractivity (Wildman–Crippen MR) is 80.0 cm³/mol. The maximum atomic E-state index is 11.5. The Labute approximate surface area is 119 Å². The number of nitrogens with two attached hydrogens (primary N) is 1. The highest BCUT2D eigenvalue weighted by molar-refractivity contribution is 7.98. The average Bonchev–Trinajstić information content (AvgIpc) is 2.89. The van der Waals surface area contributed by atoms with Gasteiger partial charge in [0.1, 0.15) is 5.76 Å². The van der Waals surface area contributed by atoms with E-state index >= 15 is 0 Å². The van der Waals surface area contributed by atoms with Gasteiger partial charge < -0.3 is 15.5 Å². The van der Waals surface area contributed by atoms with Crippen molar-refractivity contribution >= 4 is 17.7 Å². The first-order chi connectivity index (χ1) is 9.08. The molecule has 1 rings (SSSR count). The minimum atomic E-state index is -0.582. The largest absolute Gasteiger partial charge is 0.468 e.